The van der Waals surface area contributed by atoms with Crippen LogP contribution >= 0.6 is 0 Å². The third kappa shape index (κ3) is 3.37. The van der Waals surface area contributed by atoms with Gasteiger partial charge in [-0.3, -0.25) is 4.79 Å². The van der Waals surface area contributed by atoms with Crippen LogP contribution in [0.5, 0.6) is 0 Å². The average Bonchev–Trinajstić information content (AvgIpc) is 3.23. The van der Waals surface area contributed by atoms with Gasteiger partial charge >= 0.3 is 0 Å². The van der Waals surface area contributed by atoms with Gasteiger partial charge in [0.05, 0.1) is 6.04 Å². The molecule has 1 aromatic carbocycles. The predicted octanol–water partition coefficient (Wildman–Crippen LogP) is 2.47. The van der Waals surface area contributed by atoms with E-state index < -0.39 is 0 Å². The molecule has 0 spiro atoms. The number of hydrogen-bond donors (Lipinski definition) is 1. The molecule has 2 fully saturated rings. The van der Waals surface area contributed by atoms with Crippen LogP contribution < -0.4 is 10.2 Å². The molecule has 5 heteroatoms. The molecule has 4 rings (SSSR count). The highest BCUT2D eigenvalue weighted by molar-refractivity contribution is 5.95. The van der Waals surface area contributed by atoms with Crippen molar-refractivity contribution >= 4 is 11.7 Å². The molecule has 1 amide bonds. The summed E-state index contributed by atoms with van der Waals surface area (Å²) in [6.45, 7) is 4.41. The lowest BCUT2D eigenvalue weighted by atomic mass is 10.0. The molecule has 25 heavy (non-hydrogen) atoms. The molecule has 1 N–H and O–H groups in total. The lowest BCUT2D eigenvalue weighted by Gasteiger charge is -2.36. The number of amides is 1. The summed E-state index contributed by atoms with van der Waals surface area (Å²) in [5.41, 5.74) is 1.91. The summed E-state index contributed by atoms with van der Waals surface area (Å²) < 4.78 is 0. The van der Waals surface area contributed by atoms with Crippen LogP contribution in [0.25, 0.3) is 0 Å². The Bertz CT molecular complexity index is 727. The van der Waals surface area contributed by atoms with E-state index in [0.717, 1.165) is 44.1 Å². The zero-order chi connectivity index (χ0) is 17.1. The Labute approximate surface area is 148 Å². The SMILES string of the molecule is O=C(c1ccnc(N2CCCC2)c1)N1CCNCC1c1ccccc1. The van der Waals surface area contributed by atoms with E-state index in [1.54, 1.807) is 6.20 Å². The van der Waals surface area contributed by atoms with Gasteiger partial charge in [0, 0.05) is 44.5 Å². The number of anilines is 1. The summed E-state index contributed by atoms with van der Waals surface area (Å²) >= 11 is 0. The third-order valence-electron chi connectivity index (χ3n) is 5.11. The predicted molar refractivity (Wildman–Crippen MR) is 98.8 cm³/mol. The Balaban J connectivity index is 1.59. The fourth-order valence-electron chi connectivity index (χ4n) is 3.76. The summed E-state index contributed by atoms with van der Waals surface area (Å²) in [7, 11) is 0. The average molecular weight is 336 g/mol. The molecular formula is C20H24N4O. The van der Waals surface area contributed by atoms with Gasteiger partial charge < -0.3 is 15.1 Å². The fourth-order valence-corrected chi connectivity index (χ4v) is 3.76. The van der Waals surface area contributed by atoms with Gasteiger partial charge in [-0.25, -0.2) is 4.98 Å². The summed E-state index contributed by atoms with van der Waals surface area (Å²) in [6, 6.07) is 14.1. The fraction of sp³-hybridized carbons (Fsp3) is 0.400. The van der Waals surface area contributed by atoms with E-state index in [-0.39, 0.29) is 11.9 Å². The molecule has 0 aliphatic carbocycles. The highest BCUT2D eigenvalue weighted by atomic mass is 16.2. The summed E-state index contributed by atoms with van der Waals surface area (Å²) in [5, 5.41) is 3.41. The minimum absolute atomic E-state index is 0.0749. The minimum Gasteiger partial charge on any atom is -0.357 e. The second-order valence-corrected chi connectivity index (χ2v) is 6.73. The number of rotatable bonds is 3. The van der Waals surface area contributed by atoms with E-state index in [1.165, 1.54) is 18.4 Å². The van der Waals surface area contributed by atoms with Gasteiger partial charge in [-0.15, -0.1) is 0 Å². The molecule has 0 saturated carbocycles. The number of nitrogens with zero attached hydrogens (tertiary/aromatic N) is 3. The van der Waals surface area contributed by atoms with Gasteiger partial charge in [0.15, 0.2) is 0 Å². The molecule has 0 radical (unpaired) electrons. The smallest absolute Gasteiger partial charge is 0.254 e. The van der Waals surface area contributed by atoms with Crippen molar-refractivity contribution in [2.45, 2.75) is 18.9 Å². The van der Waals surface area contributed by atoms with Crippen molar-refractivity contribution < 1.29 is 4.79 Å². The van der Waals surface area contributed by atoms with Crippen molar-refractivity contribution in [3.8, 4) is 0 Å². The Morgan fingerprint density at radius 1 is 1.08 bits per heavy atom. The molecule has 3 heterocycles. The quantitative estimate of drug-likeness (QED) is 0.935. The molecule has 1 aromatic heterocycles. The first kappa shape index (κ1) is 16.1. The maximum absolute atomic E-state index is 13.2. The number of carbonyl (C=O) groups excluding carboxylic acids is 1. The van der Waals surface area contributed by atoms with Crippen LogP contribution in [0.2, 0.25) is 0 Å². The van der Waals surface area contributed by atoms with Crippen LogP contribution in [0.1, 0.15) is 34.8 Å². The first-order chi connectivity index (χ1) is 12.3. The zero-order valence-corrected chi connectivity index (χ0v) is 14.4. The zero-order valence-electron chi connectivity index (χ0n) is 14.4. The molecular weight excluding hydrogens is 312 g/mol. The standard InChI is InChI=1S/C20H24N4O/c25-20(17-8-9-22-19(14-17)23-11-4-5-12-23)24-13-10-21-15-18(24)16-6-2-1-3-7-16/h1-3,6-9,14,18,21H,4-5,10-13,15H2. The van der Waals surface area contributed by atoms with Crippen LogP contribution in [-0.4, -0.2) is 48.5 Å². The number of benzene rings is 1. The number of piperazine rings is 1. The lowest BCUT2D eigenvalue weighted by molar-refractivity contribution is 0.0634. The van der Waals surface area contributed by atoms with Crippen molar-refractivity contribution in [3.63, 3.8) is 0 Å². The molecule has 130 valence electrons. The van der Waals surface area contributed by atoms with E-state index in [1.807, 2.05) is 35.2 Å². The van der Waals surface area contributed by atoms with Crippen LogP contribution in [-0.2, 0) is 0 Å². The first-order valence-electron chi connectivity index (χ1n) is 9.10. The Morgan fingerprint density at radius 3 is 2.68 bits per heavy atom. The summed E-state index contributed by atoms with van der Waals surface area (Å²) in [4.78, 5) is 21.9. The molecule has 2 saturated heterocycles. The topological polar surface area (TPSA) is 48.5 Å². The number of hydrogen-bond acceptors (Lipinski definition) is 4. The molecule has 1 unspecified atom stereocenters. The van der Waals surface area contributed by atoms with Crippen LogP contribution in [0.4, 0.5) is 5.82 Å². The largest absolute Gasteiger partial charge is 0.357 e. The maximum Gasteiger partial charge on any atom is 0.254 e. The van der Waals surface area contributed by atoms with Crippen LogP contribution in [0.3, 0.4) is 0 Å². The van der Waals surface area contributed by atoms with E-state index in [2.05, 4.69) is 27.3 Å². The van der Waals surface area contributed by atoms with E-state index in [9.17, 15) is 4.79 Å². The van der Waals surface area contributed by atoms with E-state index >= 15 is 0 Å². The number of carbonyl (C=O) groups is 1. The second-order valence-electron chi connectivity index (χ2n) is 6.73. The van der Waals surface area contributed by atoms with Crippen LogP contribution in [0.15, 0.2) is 48.7 Å². The highest BCUT2D eigenvalue weighted by Crippen LogP contribution is 2.25. The Morgan fingerprint density at radius 2 is 1.88 bits per heavy atom. The van der Waals surface area contributed by atoms with Crippen molar-refractivity contribution in [1.29, 1.82) is 0 Å². The third-order valence-corrected chi connectivity index (χ3v) is 5.11. The van der Waals surface area contributed by atoms with E-state index in [4.69, 9.17) is 0 Å². The second kappa shape index (κ2) is 7.23. The Kier molecular flexibility index (Phi) is 4.65. The molecule has 5 nitrogen and oxygen atoms in total. The monoisotopic (exact) mass is 336 g/mol. The van der Waals surface area contributed by atoms with Crippen LogP contribution in [0, 0.1) is 0 Å². The van der Waals surface area contributed by atoms with Gasteiger partial charge in [0.2, 0.25) is 0 Å². The molecule has 1 atom stereocenters. The van der Waals surface area contributed by atoms with Gasteiger partial charge in [0.1, 0.15) is 5.82 Å². The minimum atomic E-state index is 0.0749. The number of aromatic nitrogens is 1. The number of nitrogens with one attached hydrogen (secondary N) is 1. The highest BCUT2D eigenvalue weighted by Gasteiger charge is 2.29. The summed E-state index contributed by atoms with van der Waals surface area (Å²) in [6.07, 6.45) is 4.17. The van der Waals surface area contributed by atoms with Crippen molar-refractivity contribution in [2.24, 2.45) is 0 Å². The molecule has 2 aliphatic heterocycles. The first-order valence-corrected chi connectivity index (χ1v) is 9.10. The number of pyridine rings is 1. The maximum atomic E-state index is 13.2. The molecule has 0 bridgehead atoms. The van der Waals surface area contributed by atoms with Crippen molar-refractivity contribution in [3.05, 3.63) is 59.8 Å². The van der Waals surface area contributed by atoms with Gasteiger partial charge in [-0.05, 0) is 30.5 Å². The van der Waals surface area contributed by atoms with Crippen molar-refractivity contribution in [1.82, 2.24) is 15.2 Å². The normalized spacial score (nSPS) is 20.7. The van der Waals surface area contributed by atoms with Gasteiger partial charge in [-0.2, -0.15) is 0 Å². The van der Waals surface area contributed by atoms with Gasteiger partial charge in [0.25, 0.3) is 5.91 Å². The summed E-state index contributed by atoms with van der Waals surface area (Å²) in [5.74, 6) is 1.02. The molecule has 2 aromatic rings. The lowest BCUT2D eigenvalue weighted by Crippen LogP contribution is -2.48. The Hall–Kier alpha value is -2.40. The molecule has 2 aliphatic rings. The van der Waals surface area contributed by atoms with E-state index in [0.29, 0.717) is 0 Å². The van der Waals surface area contributed by atoms with Crippen molar-refractivity contribution in [2.75, 3.05) is 37.6 Å². The van der Waals surface area contributed by atoms with Gasteiger partial charge in [-0.1, -0.05) is 30.3 Å².